The number of nitrogens with two attached hydrogens (primary N) is 1. The molecular weight excluding hydrogens is 282 g/mol. The summed E-state index contributed by atoms with van der Waals surface area (Å²) in [5.74, 6) is 1.40. The van der Waals surface area contributed by atoms with Crippen molar-refractivity contribution < 1.29 is 19.0 Å². The van der Waals surface area contributed by atoms with Crippen LogP contribution in [0.4, 0.5) is 0 Å². The van der Waals surface area contributed by atoms with Crippen LogP contribution in [0, 0.1) is 0 Å². The summed E-state index contributed by atoms with van der Waals surface area (Å²) in [5, 5.41) is 0. The first-order chi connectivity index (χ1) is 10.6. The zero-order valence-electron chi connectivity index (χ0n) is 12.8. The molecule has 116 valence electrons. The number of carbonyl (C=O) groups excluding carboxylic acids is 1. The molecule has 2 aromatic rings. The van der Waals surface area contributed by atoms with Crippen LogP contribution in [0.2, 0.25) is 0 Å². The molecule has 1 atom stereocenters. The van der Waals surface area contributed by atoms with Crippen molar-refractivity contribution in [1.29, 1.82) is 0 Å². The molecule has 0 radical (unpaired) electrons. The Bertz CT molecular complexity index is 669. The van der Waals surface area contributed by atoms with Gasteiger partial charge in [0.05, 0.1) is 14.2 Å². The first-order valence-electron chi connectivity index (χ1n) is 6.84. The van der Waals surface area contributed by atoms with Gasteiger partial charge in [-0.15, -0.1) is 0 Å². The minimum absolute atomic E-state index is 0.517. The van der Waals surface area contributed by atoms with Gasteiger partial charge in [0.15, 0.2) is 6.10 Å². The molecule has 1 amide bonds. The van der Waals surface area contributed by atoms with Gasteiger partial charge in [-0.2, -0.15) is 0 Å². The molecule has 0 heterocycles. The van der Waals surface area contributed by atoms with Crippen molar-refractivity contribution in [2.24, 2.45) is 5.73 Å². The van der Waals surface area contributed by atoms with Crippen molar-refractivity contribution in [2.45, 2.75) is 13.0 Å². The van der Waals surface area contributed by atoms with Crippen molar-refractivity contribution in [3.8, 4) is 28.4 Å². The van der Waals surface area contributed by atoms with E-state index in [-0.39, 0.29) is 0 Å². The predicted octanol–water partition coefficient (Wildman–Crippen LogP) is 2.62. The van der Waals surface area contributed by atoms with Crippen molar-refractivity contribution in [1.82, 2.24) is 0 Å². The molecule has 0 saturated carbocycles. The lowest BCUT2D eigenvalue weighted by Crippen LogP contribution is -2.30. The first-order valence-corrected chi connectivity index (χ1v) is 6.84. The highest BCUT2D eigenvalue weighted by atomic mass is 16.5. The van der Waals surface area contributed by atoms with E-state index >= 15 is 0 Å². The highest BCUT2D eigenvalue weighted by Crippen LogP contribution is 2.38. The number of hydrogen-bond acceptors (Lipinski definition) is 4. The fraction of sp³-hybridized carbons (Fsp3) is 0.235. The predicted molar refractivity (Wildman–Crippen MR) is 84.3 cm³/mol. The first kappa shape index (κ1) is 15.7. The summed E-state index contributed by atoms with van der Waals surface area (Å²) >= 11 is 0. The molecule has 22 heavy (non-hydrogen) atoms. The lowest BCUT2D eigenvalue weighted by molar-refractivity contribution is -0.123. The van der Waals surface area contributed by atoms with Crippen LogP contribution in [0.5, 0.6) is 17.2 Å². The molecule has 0 unspecified atom stereocenters. The zero-order chi connectivity index (χ0) is 16.1. The Morgan fingerprint density at radius 2 is 1.68 bits per heavy atom. The van der Waals surface area contributed by atoms with E-state index in [1.165, 1.54) is 0 Å². The molecule has 5 nitrogen and oxygen atoms in total. The van der Waals surface area contributed by atoms with Gasteiger partial charge < -0.3 is 19.9 Å². The monoisotopic (exact) mass is 301 g/mol. The molecule has 5 heteroatoms. The number of benzene rings is 2. The molecule has 0 spiro atoms. The maximum Gasteiger partial charge on any atom is 0.258 e. The van der Waals surface area contributed by atoms with Crippen LogP contribution in [0.3, 0.4) is 0 Å². The van der Waals surface area contributed by atoms with Crippen LogP contribution in [0.1, 0.15) is 6.92 Å². The number of primary amides is 1. The third kappa shape index (κ3) is 3.31. The normalized spacial score (nSPS) is 11.6. The standard InChI is InChI=1S/C17H19NO4/c1-11(17(18)19)22-15-7-5-4-6-13(15)14-9-8-12(20-2)10-16(14)21-3/h4-11H,1-3H3,(H2,18,19)/t11-/m1/s1. The summed E-state index contributed by atoms with van der Waals surface area (Å²) < 4.78 is 16.3. The fourth-order valence-corrected chi connectivity index (χ4v) is 2.06. The fourth-order valence-electron chi connectivity index (χ4n) is 2.06. The second-order valence-electron chi connectivity index (χ2n) is 4.72. The number of amides is 1. The van der Waals surface area contributed by atoms with Crippen molar-refractivity contribution in [3.05, 3.63) is 42.5 Å². The highest BCUT2D eigenvalue weighted by molar-refractivity contribution is 5.80. The van der Waals surface area contributed by atoms with Crippen LogP contribution in [-0.2, 0) is 4.79 Å². The Morgan fingerprint density at radius 1 is 1.00 bits per heavy atom. The van der Waals surface area contributed by atoms with E-state index in [0.29, 0.717) is 17.2 Å². The van der Waals surface area contributed by atoms with Gasteiger partial charge in [0, 0.05) is 17.2 Å². The third-order valence-electron chi connectivity index (χ3n) is 3.29. The lowest BCUT2D eigenvalue weighted by atomic mass is 10.0. The van der Waals surface area contributed by atoms with Crippen molar-refractivity contribution in [3.63, 3.8) is 0 Å². The summed E-state index contributed by atoms with van der Waals surface area (Å²) in [6.45, 7) is 1.62. The Balaban J connectivity index is 2.47. The van der Waals surface area contributed by atoms with Gasteiger partial charge in [0.25, 0.3) is 5.91 Å². The number of para-hydroxylation sites is 1. The largest absolute Gasteiger partial charge is 0.497 e. The van der Waals surface area contributed by atoms with E-state index < -0.39 is 12.0 Å². The summed E-state index contributed by atoms with van der Waals surface area (Å²) in [6, 6.07) is 12.9. The number of rotatable bonds is 6. The van der Waals surface area contributed by atoms with Crippen LogP contribution in [0.25, 0.3) is 11.1 Å². The highest BCUT2D eigenvalue weighted by Gasteiger charge is 2.16. The number of carbonyl (C=O) groups is 1. The molecule has 0 aliphatic carbocycles. The summed E-state index contributed by atoms with van der Waals surface area (Å²) in [5.41, 5.74) is 6.92. The van der Waals surface area contributed by atoms with Crippen LogP contribution in [0.15, 0.2) is 42.5 Å². The zero-order valence-corrected chi connectivity index (χ0v) is 12.8. The molecule has 2 aromatic carbocycles. The van der Waals surface area contributed by atoms with Gasteiger partial charge in [-0.25, -0.2) is 0 Å². The van der Waals surface area contributed by atoms with Gasteiger partial charge >= 0.3 is 0 Å². The minimum atomic E-state index is -0.717. The van der Waals surface area contributed by atoms with E-state index in [1.807, 2.05) is 30.3 Å². The molecular formula is C17H19NO4. The quantitative estimate of drug-likeness (QED) is 0.890. The number of ether oxygens (including phenoxy) is 3. The number of methoxy groups -OCH3 is 2. The summed E-state index contributed by atoms with van der Waals surface area (Å²) in [6.07, 6.45) is -0.717. The molecule has 2 N–H and O–H groups in total. The van der Waals surface area contributed by atoms with Gasteiger partial charge in [-0.3, -0.25) is 4.79 Å². The van der Waals surface area contributed by atoms with E-state index in [1.54, 1.807) is 33.3 Å². The lowest BCUT2D eigenvalue weighted by Gasteiger charge is -2.17. The topological polar surface area (TPSA) is 70.8 Å². The Hall–Kier alpha value is -2.69. The van der Waals surface area contributed by atoms with Gasteiger partial charge in [-0.1, -0.05) is 18.2 Å². The Kier molecular flexibility index (Phi) is 4.88. The van der Waals surface area contributed by atoms with Gasteiger partial charge in [-0.05, 0) is 25.1 Å². The van der Waals surface area contributed by atoms with Crippen LogP contribution in [-0.4, -0.2) is 26.2 Å². The molecule has 0 saturated heterocycles. The van der Waals surface area contributed by atoms with E-state index in [4.69, 9.17) is 19.9 Å². The maximum absolute atomic E-state index is 11.2. The Labute approximate surface area is 129 Å². The average Bonchev–Trinajstić information content (AvgIpc) is 2.54. The minimum Gasteiger partial charge on any atom is -0.497 e. The molecule has 0 fully saturated rings. The second kappa shape index (κ2) is 6.85. The van der Waals surface area contributed by atoms with Crippen molar-refractivity contribution >= 4 is 5.91 Å². The van der Waals surface area contributed by atoms with Crippen LogP contribution < -0.4 is 19.9 Å². The van der Waals surface area contributed by atoms with Crippen LogP contribution >= 0.6 is 0 Å². The number of hydrogen-bond donors (Lipinski definition) is 1. The average molecular weight is 301 g/mol. The molecule has 0 aliphatic rings. The van der Waals surface area contributed by atoms with Crippen molar-refractivity contribution in [2.75, 3.05) is 14.2 Å². The Morgan fingerprint density at radius 3 is 2.32 bits per heavy atom. The smallest absolute Gasteiger partial charge is 0.258 e. The third-order valence-corrected chi connectivity index (χ3v) is 3.29. The molecule has 0 bridgehead atoms. The van der Waals surface area contributed by atoms with Gasteiger partial charge in [0.2, 0.25) is 0 Å². The van der Waals surface area contributed by atoms with E-state index in [2.05, 4.69) is 0 Å². The summed E-state index contributed by atoms with van der Waals surface area (Å²) in [7, 11) is 3.19. The maximum atomic E-state index is 11.2. The molecule has 0 aliphatic heterocycles. The van der Waals surface area contributed by atoms with Gasteiger partial charge in [0.1, 0.15) is 17.2 Å². The molecule has 0 aromatic heterocycles. The van der Waals surface area contributed by atoms with E-state index in [0.717, 1.165) is 11.1 Å². The van der Waals surface area contributed by atoms with E-state index in [9.17, 15) is 4.79 Å². The summed E-state index contributed by atoms with van der Waals surface area (Å²) in [4.78, 5) is 11.2. The molecule has 2 rings (SSSR count). The second-order valence-corrected chi connectivity index (χ2v) is 4.72. The SMILES string of the molecule is COc1ccc(-c2ccccc2O[C@H](C)C(N)=O)c(OC)c1.